The van der Waals surface area contributed by atoms with Gasteiger partial charge in [-0.2, -0.15) is 0 Å². The molecule has 1 N–H and O–H groups in total. The van der Waals surface area contributed by atoms with Crippen molar-refractivity contribution in [3.05, 3.63) is 63.8 Å². The Labute approximate surface area is 165 Å². The van der Waals surface area contributed by atoms with Gasteiger partial charge in [0.25, 0.3) is 0 Å². The van der Waals surface area contributed by atoms with Crippen molar-refractivity contribution in [3.63, 3.8) is 0 Å². The maximum Gasteiger partial charge on any atom is 0.220 e. The number of thioether (sulfide) groups is 1. The van der Waals surface area contributed by atoms with Gasteiger partial charge in [-0.05, 0) is 35.9 Å². The fraction of sp³-hybridized carbons (Fsp3) is 0.409. The summed E-state index contributed by atoms with van der Waals surface area (Å²) in [5.74, 6) is 0.148. The van der Waals surface area contributed by atoms with Gasteiger partial charge >= 0.3 is 0 Å². The third-order valence-corrected chi connectivity index (χ3v) is 5.96. The van der Waals surface area contributed by atoms with Crippen LogP contribution in [0.25, 0.3) is 0 Å². The standard InChI is InChI=1S/C22H28N2O2S/c1-16(2)17-8-9-18(22(26)20(25)14-17)15-23-10-12-24(13-11-23)19-6-4-5-7-21(19)27-3/h4-9,14,16H,10-13,15H2,1-3H3,(H,25,26). The summed E-state index contributed by atoms with van der Waals surface area (Å²) in [6.07, 6.45) is 2.11. The lowest BCUT2D eigenvalue weighted by molar-refractivity contribution is 0.246. The molecule has 1 aliphatic rings. The van der Waals surface area contributed by atoms with Crippen LogP contribution in [0.5, 0.6) is 5.75 Å². The highest BCUT2D eigenvalue weighted by Crippen LogP contribution is 2.29. The number of para-hydroxylation sites is 1. The fourth-order valence-corrected chi connectivity index (χ4v) is 4.09. The Morgan fingerprint density at radius 1 is 1.07 bits per heavy atom. The van der Waals surface area contributed by atoms with Crippen LogP contribution >= 0.6 is 11.8 Å². The summed E-state index contributed by atoms with van der Waals surface area (Å²) in [4.78, 5) is 18.3. The van der Waals surface area contributed by atoms with E-state index < -0.39 is 0 Å². The molecule has 5 heteroatoms. The van der Waals surface area contributed by atoms with Crippen LogP contribution in [-0.2, 0) is 6.54 Å². The molecule has 1 aliphatic heterocycles. The van der Waals surface area contributed by atoms with Gasteiger partial charge in [0, 0.05) is 43.2 Å². The number of hydrogen-bond acceptors (Lipinski definition) is 5. The summed E-state index contributed by atoms with van der Waals surface area (Å²) in [7, 11) is 0. The van der Waals surface area contributed by atoms with E-state index >= 15 is 0 Å². The van der Waals surface area contributed by atoms with Crippen molar-refractivity contribution in [2.24, 2.45) is 0 Å². The van der Waals surface area contributed by atoms with Crippen molar-refractivity contribution >= 4 is 17.4 Å². The smallest absolute Gasteiger partial charge is 0.220 e. The van der Waals surface area contributed by atoms with Crippen LogP contribution in [-0.4, -0.2) is 42.4 Å². The second-order valence-electron chi connectivity index (χ2n) is 7.31. The second kappa shape index (κ2) is 8.81. The van der Waals surface area contributed by atoms with Gasteiger partial charge in [0.1, 0.15) is 0 Å². The molecule has 0 bridgehead atoms. The van der Waals surface area contributed by atoms with Gasteiger partial charge in [0.05, 0.1) is 5.69 Å². The molecule has 1 heterocycles. The molecule has 27 heavy (non-hydrogen) atoms. The minimum absolute atomic E-state index is 0.114. The molecule has 0 amide bonds. The molecule has 0 saturated carbocycles. The molecule has 2 aromatic carbocycles. The van der Waals surface area contributed by atoms with Gasteiger partial charge < -0.3 is 10.0 Å². The lowest BCUT2D eigenvalue weighted by Gasteiger charge is -2.36. The van der Waals surface area contributed by atoms with Crippen LogP contribution in [0.15, 0.2) is 52.2 Å². The van der Waals surface area contributed by atoms with Crippen molar-refractivity contribution in [2.45, 2.75) is 31.2 Å². The summed E-state index contributed by atoms with van der Waals surface area (Å²) in [6.45, 7) is 8.41. The third-order valence-electron chi connectivity index (χ3n) is 5.17. The maximum absolute atomic E-state index is 12.2. The number of nitrogens with zero attached hydrogens (tertiary/aromatic N) is 2. The lowest BCUT2D eigenvalue weighted by atomic mass is 10.1. The number of benzene rings is 1. The molecular formula is C22H28N2O2S. The van der Waals surface area contributed by atoms with Crippen LogP contribution in [0.1, 0.15) is 30.9 Å². The lowest BCUT2D eigenvalue weighted by Crippen LogP contribution is -2.46. The molecule has 0 aliphatic carbocycles. The fourth-order valence-electron chi connectivity index (χ4n) is 3.47. The maximum atomic E-state index is 12.2. The van der Waals surface area contributed by atoms with Crippen molar-refractivity contribution in [3.8, 4) is 5.75 Å². The van der Waals surface area contributed by atoms with Crippen LogP contribution in [0.2, 0.25) is 0 Å². The zero-order valence-corrected chi connectivity index (χ0v) is 17.1. The van der Waals surface area contributed by atoms with Crippen LogP contribution in [0.4, 0.5) is 5.69 Å². The Hall–Kier alpha value is -1.98. The molecule has 2 aromatic rings. The molecule has 0 spiro atoms. The van der Waals surface area contributed by atoms with E-state index in [9.17, 15) is 9.90 Å². The van der Waals surface area contributed by atoms with Gasteiger partial charge in [0.2, 0.25) is 5.43 Å². The number of anilines is 1. The molecule has 0 aromatic heterocycles. The van der Waals surface area contributed by atoms with Gasteiger partial charge in [-0.25, -0.2) is 0 Å². The van der Waals surface area contributed by atoms with E-state index in [-0.39, 0.29) is 17.1 Å². The second-order valence-corrected chi connectivity index (χ2v) is 8.15. The monoisotopic (exact) mass is 384 g/mol. The third kappa shape index (κ3) is 4.66. The number of aromatic hydroxyl groups is 1. The minimum Gasteiger partial charge on any atom is -0.504 e. The Balaban J connectivity index is 1.70. The van der Waals surface area contributed by atoms with E-state index in [1.807, 2.05) is 12.1 Å². The summed E-state index contributed by atoms with van der Waals surface area (Å²) in [5, 5.41) is 10.3. The Bertz CT molecular complexity index is 846. The van der Waals surface area contributed by atoms with E-state index in [2.05, 4.69) is 54.2 Å². The van der Waals surface area contributed by atoms with E-state index in [0.29, 0.717) is 12.1 Å². The predicted molar refractivity (Wildman–Crippen MR) is 114 cm³/mol. The summed E-state index contributed by atoms with van der Waals surface area (Å²) < 4.78 is 0. The van der Waals surface area contributed by atoms with Crippen LogP contribution in [0.3, 0.4) is 0 Å². The van der Waals surface area contributed by atoms with Crippen molar-refractivity contribution in [1.29, 1.82) is 0 Å². The van der Waals surface area contributed by atoms with E-state index in [0.717, 1.165) is 31.7 Å². The highest BCUT2D eigenvalue weighted by Gasteiger charge is 2.20. The quantitative estimate of drug-likeness (QED) is 0.792. The molecule has 0 radical (unpaired) electrons. The van der Waals surface area contributed by atoms with Crippen LogP contribution in [0, 0.1) is 0 Å². The molecule has 3 rings (SSSR count). The highest BCUT2D eigenvalue weighted by molar-refractivity contribution is 7.98. The van der Waals surface area contributed by atoms with Gasteiger partial charge in [-0.15, -0.1) is 11.8 Å². The van der Waals surface area contributed by atoms with Crippen LogP contribution < -0.4 is 10.3 Å². The van der Waals surface area contributed by atoms with E-state index in [1.54, 1.807) is 17.8 Å². The minimum atomic E-state index is -0.286. The predicted octanol–water partition coefficient (Wildman–Crippen LogP) is 3.92. The largest absolute Gasteiger partial charge is 0.504 e. The SMILES string of the molecule is CSc1ccccc1N1CCN(Cc2ccc(C(C)C)cc(=O)c2O)CC1. The molecule has 0 unspecified atom stereocenters. The molecule has 0 atom stereocenters. The topological polar surface area (TPSA) is 43.8 Å². The number of hydrogen-bond donors (Lipinski definition) is 1. The number of piperazine rings is 1. The zero-order chi connectivity index (χ0) is 19.4. The average Bonchev–Trinajstić information content (AvgIpc) is 2.82. The van der Waals surface area contributed by atoms with Crippen molar-refractivity contribution < 1.29 is 5.11 Å². The average molecular weight is 385 g/mol. The Kier molecular flexibility index (Phi) is 6.45. The first kappa shape index (κ1) is 19.8. The van der Waals surface area contributed by atoms with Gasteiger partial charge in [0.15, 0.2) is 5.75 Å². The van der Waals surface area contributed by atoms with Crippen molar-refractivity contribution in [2.75, 3.05) is 37.3 Å². The summed E-state index contributed by atoms with van der Waals surface area (Å²) >= 11 is 1.78. The molecular weight excluding hydrogens is 356 g/mol. The Morgan fingerprint density at radius 2 is 1.78 bits per heavy atom. The Morgan fingerprint density at radius 3 is 2.44 bits per heavy atom. The normalized spacial score (nSPS) is 15.3. The number of rotatable bonds is 5. The summed E-state index contributed by atoms with van der Waals surface area (Å²) in [6, 6.07) is 13.9. The van der Waals surface area contributed by atoms with Gasteiger partial charge in [-0.3, -0.25) is 9.69 Å². The van der Waals surface area contributed by atoms with Crippen molar-refractivity contribution in [1.82, 2.24) is 4.90 Å². The molecule has 1 saturated heterocycles. The zero-order valence-electron chi connectivity index (χ0n) is 16.3. The summed E-state index contributed by atoms with van der Waals surface area (Å²) in [5.41, 5.74) is 2.68. The molecule has 1 fully saturated rings. The first-order valence-electron chi connectivity index (χ1n) is 9.46. The molecule has 144 valence electrons. The first-order chi connectivity index (χ1) is 13.0. The first-order valence-corrected chi connectivity index (χ1v) is 10.7. The van der Waals surface area contributed by atoms with Gasteiger partial charge in [-0.1, -0.05) is 38.1 Å². The highest BCUT2D eigenvalue weighted by atomic mass is 32.2. The van der Waals surface area contributed by atoms with E-state index in [1.165, 1.54) is 10.6 Å². The molecule has 4 nitrogen and oxygen atoms in total. The van der Waals surface area contributed by atoms with E-state index in [4.69, 9.17) is 0 Å².